The van der Waals surface area contributed by atoms with E-state index in [1.807, 2.05) is 0 Å². The van der Waals surface area contributed by atoms with E-state index >= 15 is 0 Å². The van der Waals surface area contributed by atoms with Crippen molar-refractivity contribution in [2.75, 3.05) is 5.32 Å². The Morgan fingerprint density at radius 3 is 2.64 bits per heavy atom. The monoisotopic (exact) mass is 215 g/mol. The smallest absolute Gasteiger partial charge is 0.335 e. The van der Waals surface area contributed by atoms with Crippen LogP contribution in [0.3, 0.4) is 0 Å². The van der Waals surface area contributed by atoms with Crippen molar-refractivity contribution in [2.24, 2.45) is 5.73 Å². The minimum atomic E-state index is -1.01. The lowest BCUT2D eigenvalue weighted by Crippen LogP contribution is -2.20. The van der Waals surface area contributed by atoms with E-state index in [2.05, 4.69) is 5.32 Å². The van der Waals surface area contributed by atoms with E-state index in [0.29, 0.717) is 5.69 Å². The van der Waals surface area contributed by atoms with Crippen LogP contribution in [-0.2, 0) is 0 Å². The van der Waals surface area contributed by atoms with Crippen LogP contribution in [0.1, 0.15) is 10.4 Å². The molecule has 0 radical (unpaired) electrons. The molecule has 1 aromatic rings. The predicted octanol–water partition coefficient (Wildman–Crippen LogP) is 1.11. The van der Waals surface area contributed by atoms with Gasteiger partial charge in [0.05, 0.1) is 5.56 Å². The van der Waals surface area contributed by atoms with Gasteiger partial charge in [0.15, 0.2) is 5.96 Å². The molecule has 76 valence electrons. The van der Waals surface area contributed by atoms with Gasteiger partial charge in [-0.1, -0.05) is 6.07 Å². The molecule has 5 N–H and O–H groups in total. The number of nitrogens with two attached hydrogens (primary N) is 1. The molecule has 0 aliphatic carbocycles. The van der Waals surface area contributed by atoms with E-state index in [1.165, 1.54) is 12.1 Å². The number of aromatic carboxylic acids is 1. The number of carboxylic acids is 1. The first-order chi connectivity index (χ1) is 6.09. The summed E-state index contributed by atoms with van der Waals surface area (Å²) in [5.74, 6) is -1.23. The van der Waals surface area contributed by atoms with Gasteiger partial charge in [-0.15, -0.1) is 12.4 Å². The highest BCUT2D eigenvalue weighted by atomic mass is 35.5. The molecular formula is C8H10ClN3O2. The van der Waals surface area contributed by atoms with Crippen molar-refractivity contribution in [2.45, 2.75) is 0 Å². The van der Waals surface area contributed by atoms with Gasteiger partial charge in [0.1, 0.15) is 0 Å². The third-order valence-corrected chi connectivity index (χ3v) is 1.39. The molecule has 5 nitrogen and oxygen atoms in total. The first-order valence-corrected chi connectivity index (χ1v) is 3.54. The second kappa shape index (κ2) is 5.08. The van der Waals surface area contributed by atoms with Crippen molar-refractivity contribution in [3.05, 3.63) is 29.8 Å². The van der Waals surface area contributed by atoms with Crippen LogP contribution in [0.5, 0.6) is 0 Å². The zero-order valence-electron chi connectivity index (χ0n) is 7.15. The van der Waals surface area contributed by atoms with Gasteiger partial charge in [0.2, 0.25) is 0 Å². The third-order valence-electron chi connectivity index (χ3n) is 1.39. The summed E-state index contributed by atoms with van der Waals surface area (Å²) >= 11 is 0. The average molecular weight is 216 g/mol. The minimum absolute atomic E-state index is 0. The van der Waals surface area contributed by atoms with Gasteiger partial charge in [-0.3, -0.25) is 5.41 Å². The van der Waals surface area contributed by atoms with Crippen molar-refractivity contribution >= 4 is 30.0 Å². The predicted molar refractivity (Wildman–Crippen MR) is 56.2 cm³/mol. The minimum Gasteiger partial charge on any atom is -0.478 e. The molecular weight excluding hydrogens is 206 g/mol. The van der Waals surface area contributed by atoms with E-state index < -0.39 is 5.97 Å². The van der Waals surface area contributed by atoms with Crippen LogP contribution in [0.4, 0.5) is 5.69 Å². The summed E-state index contributed by atoms with van der Waals surface area (Å²) in [6.45, 7) is 0. The van der Waals surface area contributed by atoms with E-state index in [0.717, 1.165) is 0 Å². The maximum atomic E-state index is 10.5. The van der Waals surface area contributed by atoms with E-state index in [4.69, 9.17) is 16.2 Å². The standard InChI is InChI=1S/C8H9N3O2.ClH/c9-8(10)11-6-3-1-2-5(4-6)7(12)13;/h1-4H,(H,12,13)(H4,9,10,11);1H. The number of halogens is 1. The SMILES string of the molecule is Cl.N=C(N)Nc1cccc(C(=O)O)c1. The lowest BCUT2D eigenvalue weighted by Gasteiger charge is -2.03. The average Bonchev–Trinajstić information content (AvgIpc) is 2.03. The summed E-state index contributed by atoms with van der Waals surface area (Å²) in [4.78, 5) is 10.5. The Hall–Kier alpha value is -1.75. The van der Waals surface area contributed by atoms with E-state index in [-0.39, 0.29) is 23.9 Å². The number of guanidine groups is 1. The summed E-state index contributed by atoms with van der Waals surface area (Å²) in [5, 5.41) is 18.1. The number of benzene rings is 1. The first-order valence-electron chi connectivity index (χ1n) is 3.54. The molecule has 0 unspecified atom stereocenters. The van der Waals surface area contributed by atoms with Gasteiger partial charge in [0, 0.05) is 5.69 Å². The molecule has 0 heterocycles. The van der Waals surface area contributed by atoms with Crippen molar-refractivity contribution in [3.63, 3.8) is 0 Å². The van der Waals surface area contributed by atoms with Gasteiger partial charge in [-0.2, -0.15) is 0 Å². The molecule has 0 spiro atoms. The van der Waals surface area contributed by atoms with Gasteiger partial charge < -0.3 is 16.2 Å². The molecule has 6 heteroatoms. The van der Waals surface area contributed by atoms with Gasteiger partial charge in [0.25, 0.3) is 0 Å². The lowest BCUT2D eigenvalue weighted by molar-refractivity contribution is 0.0697. The molecule has 0 aromatic heterocycles. The Morgan fingerprint density at radius 2 is 2.14 bits per heavy atom. The number of hydrogen-bond acceptors (Lipinski definition) is 2. The second-order valence-electron chi connectivity index (χ2n) is 2.42. The summed E-state index contributed by atoms with van der Waals surface area (Å²) in [7, 11) is 0. The Morgan fingerprint density at radius 1 is 1.50 bits per heavy atom. The summed E-state index contributed by atoms with van der Waals surface area (Å²) in [5.41, 5.74) is 5.73. The van der Waals surface area contributed by atoms with Crippen LogP contribution in [-0.4, -0.2) is 17.0 Å². The van der Waals surface area contributed by atoms with Crippen LogP contribution in [0.15, 0.2) is 24.3 Å². The van der Waals surface area contributed by atoms with Gasteiger partial charge >= 0.3 is 5.97 Å². The molecule has 0 aliphatic rings. The van der Waals surface area contributed by atoms with Crippen molar-refractivity contribution in [1.82, 2.24) is 0 Å². The van der Waals surface area contributed by atoms with Crippen LogP contribution in [0.25, 0.3) is 0 Å². The normalized spacial score (nSPS) is 8.57. The molecule has 0 saturated heterocycles. The summed E-state index contributed by atoms with van der Waals surface area (Å²) in [6, 6.07) is 6.08. The highest BCUT2D eigenvalue weighted by molar-refractivity contribution is 5.93. The topological polar surface area (TPSA) is 99.2 Å². The maximum absolute atomic E-state index is 10.5. The summed E-state index contributed by atoms with van der Waals surface area (Å²) in [6.07, 6.45) is 0. The molecule has 1 rings (SSSR count). The van der Waals surface area contributed by atoms with Crippen molar-refractivity contribution in [1.29, 1.82) is 5.41 Å². The number of anilines is 1. The summed E-state index contributed by atoms with van der Waals surface area (Å²) < 4.78 is 0. The molecule has 1 aromatic carbocycles. The number of hydrogen-bond donors (Lipinski definition) is 4. The molecule has 0 atom stereocenters. The first kappa shape index (κ1) is 12.2. The Kier molecular flexibility index (Phi) is 4.45. The second-order valence-corrected chi connectivity index (χ2v) is 2.42. The molecule has 0 amide bonds. The Bertz CT molecular complexity index is 354. The van der Waals surface area contributed by atoms with E-state index in [1.54, 1.807) is 12.1 Å². The van der Waals surface area contributed by atoms with Gasteiger partial charge in [-0.25, -0.2) is 4.79 Å². The largest absolute Gasteiger partial charge is 0.478 e. The number of rotatable bonds is 2. The zero-order valence-corrected chi connectivity index (χ0v) is 7.97. The van der Waals surface area contributed by atoms with E-state index in [9.17, 15) is 4.79 Å². The fraction of sp³-hybridized carbons (Fsp3) is 0. The third kappa shape index (κ3) is 3.32. The molecule has 14 heavy (non-hydrogen) atoms. The highest BCUT2D eigenvalue weighted by Crippen LogP contribution is 2.09. The lowest BCUT2D eigenvalue weighted by atomic mass is 10.2. The van der Waals surface area contributed by atoms with Crippen LogP contribution in [0.2, 0.25) is 0 Å². The number of carbonyl (C=O) groups is 1. The van der Waals surface area contributed by atoms with Crippen molar-refractivity contribution in [3.8, 4) is 0 Å². The fourth-order valence-corrected chi connectivity index (χ4v) is 0.885. The molecule has 0 saturated carbocycles. The highest BCUT2D eigenvalue weighted by Gasteiger charge is 2.02. The van der Waals surface area contributed by atoms with Crippen LogP contribution < -0.4 is 11.1 Å². The number of nitrogens with one attached hydrogen (secondary N) is 2. The maximum Gasteiger partial charge on any atom is 0.335 e. The van der Waals surface area contributed by atoms with Crippen LogP contribution >= 0.6 is 12.4 Å². The van der Waals surface area contributed by atoms with Crippen LogP contribution in [0, 0.1) is 5.41 Å². The molecule has 0 fully saturated rings. The van der Waals surface area contributed by atoms with Gasteiger partial charge in [-0.05, 0) is 18.2 Å². The Balaban J connectivity index is 0.00000169. The Labute approximate surface area is 86.8 Å². The zero-order chi connectivity index (χ0) is 9.84. The van der Waals surface area contributed by atoms with Crippen molar-refractivity contribution < 1.29 is 9.90 Å². The molecule has 0 aliphatic heterocycles. The fourth-order valence-electron chi connectivity index (χ4n) is 0.885. The molecule has 0 bridgehead atoms. The number of carboxylic acid groups (broad SMARTS) is 1. The quantitative estimate of drug-likeness (QED) is 0.439.